The maximum Gasteiger partial charge on any atom is 0.331 e. The Kier molecular flexibility index (Phi) is 7.38. The number of aliphatic hydroxyl groups excluding tert-OH is 1. The van der Waals surface area contributed by atoms with E-state index >= 15 is 0 Å². The Morgan fingerprint density at radius 1 is 0.976 bits per heavy atom. The van der Waals surface area contributed by atoms with Crippen molar-refractivity contribution in [3.05, 3.63) is 29.3 Å². The molecule has 0 radical (unpaired) electrons. The zero-order chi connectivity index (χ0) is 29.9. The molecule has 1 heterocycles. The Morgan fingerprint density at radius 3 is 2.33 bits per heavy atom. The van der Waals surface area contributed by atoms with Crippen molar-refractivity contribution in [2.75, 3.05) is 27.9 Å². The van der Waals surface area contributed by atoms with E-state index in [0.29, 0.717) is 68.9 Å². The summed E-state index contributed by atoms with van der Waals surface area (Å²) in [6.45, 7) is 2.88. The lowest BCUT2D eigenvalue weighted by atomic mass is 9.41. The minimum Gasteiger partial charge on any atom is -0.493 e. The summed E-state index contributed by atoms with van der Waals surface area (Å²) in [6, 6.07) is 3.77. The molecule has 0 unspecified atom stereocenters. The molecule has 0 spiro atoms. The number of nitrogens with zero attached hydrogens (tertiary/aromatic N) is 1. The second-order valence-electron chi connectivity index (χ2n) is 13.5. The van der Waals surface area contributed by atoms with Gasteiger partial charge in [0, 0.05) is 29.5 Å². The fourth-order valence-corrected chi connectivity index (χ4v) is 9.90. The van der Waals surface area contributed by atoms with Gasteiger partial charge in [-0.1, -0.05) is 6.92 Å². The molecule has 4 fully saturated rings. The molecule has 230 valence electrons. The van der Waals surface area contributed by atoms with Crippen molar-refractivity contribution in [1.82, 2.24) is 0 Å². The van der Waals surface area contributed by atoms with Gasteiger partial charge in [0.2, 0.25) is 5.75 Å². The highest BCUT2D eigenvalue weighted by atomic mass is 16.5. The normalized spacial score (nSPS) is 41.0. The first-order chi connectivity index (χ1) is 20.0. The third kappa shape index (κ3) is 4.21. The average molecular weight is 584 g/mol. The number of fused-ring (bicyclic) bond motifs is 5. The predicted octanol–water partition coefficient (Wildman–Crippen LogP) is 4.00. The predicted molar refractivity (Wildman–Crippen MR) is 156 cm³/mol. The van der Waals surface area contributed by atoms with Gasteiger partial charge in [0.05, 0.1) is 45.2 Å². The van der Waals surface area contributed by atoms with Crippen LogP contribution in [0.5, 0.6) is 17.2 Å². The smallest absolute Gasteiger partial charge is 0.331 e. The maximum absolute atomic E-state index is 12.6. The van der Waals surface area contributed by atoms with Crippen LogP contribution in [-0.2, 0) is 16.1 Å². The molecule has 1 aromatic rings. The summed E-state index contributed by atoms with van der Waals surface area (Å²) in [7, 11) is 4.74. The fourth-order valence-electron chi connectivity index (χ4n) is 9.90. The van der Waals surface area contributed by atoms with E-state index in [2.05, 4.69) is 6.92 Å². The number of ether oxygens (including phenoxy) is 4. The van der Waals surface area contributed by atoms with Crippen LogP contribution in [-0.4, -0.2) is 72.7 Å². The molecular formula is C33H45NO8. The number of aliphatic imine (C=N–C) groups is 1. The molecule has 1 aliphatic heterocycles. The number of hydrogen-bond donors (Lipinski definition) is 3. The third-order valence-electron chi connectivity index (χ3n) is 12.0. The second-order valence-corrected chi connectivity index (χ2v) is 13.5. The van der Waals surface area contributed by atoms with Gasteiger partial charge in [0.1, 0.15) is 6.61 Å². The van der Waals surface area contributed by atoms with Gasteiger partial charge in [-0.25, -0.2) is 4.79 Å². The van der Waals surface area contributed by atoms with Gasteiger partial charge in [-0.3, -0.25) is 4.99 Å². The summed E-state index contributed by atoms with van der Waals surface area (Å²) in [5, 5.41) is 35.5. The van der Waals surface area contributed by atoms with Crippen molar-refractivity contribution in [1.29, 1.82) is 0 Å². The Morgan fingerprint density at radius 2 is 1.69 bits per heavy atom. The van der Waals surface area contributed by atoms with Gasteiger partial charge in [-0.15, -0.1) is 0 Å². The van der Waals surface area contributed by atoms with Crippen molar-refractivity contribution < 1.29 is 39.1 Å². The van der Waals surface area contributed by atoms with Crippen molar-refractivity contribution >= 4 is 12.2 Å². The summed E-state index contributed by atoms with van der Waals surface area (Å²) in [4.78, 5) is 16.9. The summed E-state index contributed by atoms with van der Waals surface area (Å²) < 4.78 is 21.8. The Balaban J connectivity index is 1.34. The Hall–Kier alpha value is -2.62. The summed E-state index contributed by atoms with van der Waals surface area (Å²) in [5.41, 5.74) is -1.14. The summed E-state index contributed by atoms with van der Waals surface area (Å²) in [6.07, 6.45) is 8.92. The first-order valence-corrected chi connectivity index (χ1v) is 15.3. The van der Waals surface area contributed by atoms with Crippen molar-refractivity contribution in [3.8, 4) is 17.2 Å². The number of hydrogen-bond acceptors (Lipinski definition) is 9. The fraction of sp³-hybridized carbons (Fsp3) is 0.697. The van der Waals surface area contributed by atoms with Gasteiger partial charge < -0.3 is 34.3 Å². The lowest BCUT2D eigenvalue weighted by Gasteiger charge is -2.65. The molecule has 3 N–H and O–H groups in total. The van der Waals surface area contributed by atoms with Crippen molar-refractivity contribution in [3.63, 3.8) is 0 Å². The molecule has 0 amide bonds. The van der Waals surface area contributed by atoms with E-state index in [1.54, 1.807) is 27.4 Å². The lowest BCUT2D eigenvalue weighted by Crippen LogP contribution is -2.68. The van der Waals surface area contributed by atoms with E-state index < -0.39 is 22.7 Å². The van der Waals surface area contributed by atoms with E-state index in [9.17, 15) is 20.1 Å². The Labute approximate surface area is 247 Å². The largest absolute Gasteiger partial charge is 0.493 e. The molecule has 4 aliphatic carbocycles. The molecular weight excluding hydrogens is 538 g/mol. The van der Waals surface area contributed by atoms with E-state index in [1.165, 1.54) is 0 Å². The molecule has 0 bridgehead atoms. The average Bonchev–Trinajstić information content (AvgIpc) is 3.51. The topological polar surface area (TPSA) is 127 Å². The van der Waals surface area contributed by atoms with Crippen LogP contribution in [0.1, 0.15) is 70.3 Å². The van der Waals surface area contributed by atoms with Crippen LogP contribution in [0.3, 0.4) is 0 Å². The minimum absolute atomic E-state index is 0.0111. The number of methoxy groups -OCH3 is 3. The summed E-state index contributed by atoms with van der Waals surface area (Å²) in [5.74, 6) is 1.48. The number of rotatable bonds is 7. The van der Waals surface area contributed by atoms with Crippen LogP contribution in [0, 0.1) is 28.6 Å². The minimum atomic E-state index is -1.10. The van der Waals surface area contributed by atoms with Crippen LogP contribution in [0.2, 0.25) is 0 Å². The highest BCUT2D eigenvalue weighted by Gasteiger charge is 2.71. The maximum atomic E-state index is 12.6. The molecule has 0 saturated heterocycles. The standard InChI is InChI=1S/C33H45NO8/c1-30-9-6-24-25(33(30,38)12-8-23(30)21-15-28(36)42-18-21)7-11-32(37)16-22(35)5-10-31(24,32)19-34-17-20-13-26(39-2)29(41-4)27(14-20)40-3/h13-15,19,22-25,35,37-38H,5-12,16-18H2,1-4H3/t22-,23-,24+,25-,30+,31-,32+,33-/m0/s1. The number of aliphatic hydroxyl groups is 3. The molecule has 5 aliphatic rings. The number of benzene rings is 1. The SMILES string of the molecule is COc1cc(CN=C[C@]23CC[C@H](O)C[C@]2(O)CC[C@H]2[C@H]3CC[C@]3(C)[C@H](C4=CC(=O)OC4)CC[C@]23O)cc(OC)c1OC. The van der Waals surface area contributed by atoms with Crippen LogP contribution in [0.15, 0.2) is 28.8 Å². The van der Waals surface area contributed by atoms with Gasteiger partial charge in [-0.05, 0) is 92.4 Å². The van der Waals surface area contributed by atoms with Crippen LogP contribution < -0.4 is 14.2 Å². The highest BCUT2D eigenvalue weighted by molar-refractivity contribution is 5.85. The second kappa shape index (κ2) is 10.5. The van der Waals surface area contributed by atoms with Gasteiger partial charge in [0.15, 0.2) is 11.5 Å². The van der Waals surface area contributed by atoms with E-state index in [4.69, 9.17) is 23.9 Å². The molecule has 4 saturated carbocycles. The van der Waals surface area contributed by atoms with Gasteiger partial charge >= 0.3 is 5.97 Å². The first kappa shape index (κ1) is 29.5. The van der Waals surface area contributed by atoms with Gasteiger partial charge in [-0.2, -0.15) is 0 Å². The zero-order valence-electron chi connectivity index (χ0n) is 25.2. The Bertz CT molecular complexity index is 1270. The zero-order valence-corrected chi connectivity index (χ0v) is 25.2. The molecule has 9 nitrogen and oxygen atoms in total. The van der Waals surface area contributed by atoms with Crippen molar-refractivity contribution in [2.24, 2.45) is 33.6 Å². The molecule has 9 heteroatoms. The number of cyclic esters (lactones) is 1. The molecule has 1 aromatic carbocycles. The molecule has 6 rings (SSSR count). The number of carbonyl (C=O) groups excluding carboxylic acids is 1. The number of carbonyl (C=O) groups is 1. The first-order valence-electron chi connectivity index (χ1n) is 15.3. The van der Waals surface area contributed by atoms with E-state index in [-0.39, 0.29) is 29.1 Å². The van der Waals surface area contributed by atoms with Crippen LogP contribution >= 0.6 is 0 Å². The lowest BCUT2D eigenvalue weighted by molar-refractivity contribution is -0.237. The van der Waals surface area contributed by atoms with Crippen LogP contribution in [0.25, 0.3) is 0 Å². The van der Waals surface area contributed by atoms with E-state index in [0.717, 1.165) is 30.4 Å². The van der Waals surface area contributed by atoms with Gasteiger partial charge in [0.25, 0.3) is 0 Å². The third-order valence-corrected chi connectivity index (χ3v) is 12.0. The van der Waals surface area contributed by atoms with Crippen LogP contribution in [0.4, 0.5) is 0 Å². The quantitative estimate of drug-likeness (QED) is 0.325. The van der Waals surface area contributed by atoms with E-state index in [1.807, 2.05) is 18.3 Å². The molecule has 42 heavy (non-hydrogen) atoms. The summed E-state index contributed by atoms with van der Waals surface area (Å²) >= 11 is 0. The molecule has 8 atom stereocenters. The monoisotopic (exact) mass is 583 g/mol. The highest BCUT2D eigenvalue weighted by Crippen LogP contribution is 2.70. The van der Waals surface area contributed by atoms with Crippen molar-refractivity contribution in [2.45, 2.75) is 88.6 Å². The molecule has 0 aromatic heterocycles. The number of esters is 1.